The first kappa shape index (κ1) is 13.4. The molecule has 0 aliphatic heterocycles. The first-order chi connectivity index (χ1) is 10.8. The zero-order valence-corrected chi connectivity index (χ0v) is 13.2. The number of thiazole rings is 1. The molecule has 0 aliphatic carbocycles. The Morgan fingerprint density at radius 1 is 0.909 bits per heavy atom. The molecule has 0 unspecified atom stereocenters. The van der Waals surface area contributed by atoms with Crippen LogP contribution in [0.15, 0.2) is 66.2 Å². The summed E-state index contributed by atoms with van der Waals surface area (Å²) < 4.78 is 1.10. The van der Waals surface area contributed by atoms with E-state index in [-0.39, 0.29) is 5.78 Å². The Morgan fingerprint density at radius 3 is 2.32 bits per heavy atom. The SMILES string of the molecule is O=C(c1ccccc1)c1sc2scnc2c1-c1ccccc1. The summed E-state index contributed by atoms with van der Waals surface area (Å²) in [6.07, 6.45) is 0. The van der Waals surface area contributed by atoms with Gasteiger partial charge in [-0.15, -0.1) is 22.7 Å². The molecule has 0 spiro atoms. The molecule has 4 aromatic rings. The number of fused-ring (bicyclic) bond motifs is 1. The van der Waals surface area contributed by atoms with E-state index in [1.165, 1.54) is 11.3 Å². The van der Waals surface area contributed by atoms with Gasteiger partial charge in [-0.3, -0.25) is 4.79 Å². The van der Waals surface area contributed by atoms with Crippen molar-refractivity contribution in [3.05, 3.63) is 76.6 Å². The van der Waals surface area contributed by atoms with Crippen LogP contribution in [0.1, 0.15) is 15.2 Å². The van der Waals surface area contributed by atoms with Crippen molar-refractivity contribution in [1.29, 1.82) is 0 Å². The zero-order valence-electron chi connectivity index (χ0n) is 11.5. The smallest absolute Gasteiger partial charge is 0.203 e. The Hall–Kier alpha value is -2.30. The van der Waals surface area contributed by atoms with Crippen LogP contribution in [-0.2, 0) is 0 Å². The third-order valence-corrected chi connectivity index (χ3v) is 5.63. The van der Waals surface area contributed by atoms with Crippen LogP contribution in [0.2, 0.25) is 0 Å². The van der Waals surface area contributed by atoms with Gasteiger partial charge in [0.25, 0.3) is 0 Å². The van der Waals surface area contributed by atoms with E-state index in [2.05, 4.69) is 4.98 Å². The highest BCUT2D eigenvalue weighted by Crippen LogP contribution is 2.40. The van der Waals surface area contributed by atoms with Crippen LogP contribution in [0.25, 0.3) is 20.7 Å². The van der Waals surface area contributed by atoms with Crippen molar-refractivity contribution in [2.24, 2.45) is 0 Å². The number of nitrogens with zero attached hydrogens (tertiary/aromatic N) is 1. The van der Waals surface area contributed by atoms with E-state index in [4.69, 9.17) is 0 Å². The van der Waals surface area contributed by atoms with Gasteiger partial charge in [0.15, 0.2) is 0 Å². The van der Waals surface area contributed by atoms with Crippen LogP contribution in [0.3, 0.4) is 0 Å². The predicted octanol–water partition coefficient (Wildman–Crippen LogP) is 5.26. The summed E-state index contributed by atoms with van der Waals surface area (Å²) in [7, 11) is 0. The summed E-state index contributed by atoms with van der Waals surface area (Å²) >= 11 is 3.12. The van der Waals surface area contributed by atoms with E-state index in [9.17, 15) is 4.79 Å². The van der Waals surface area contributed by atoms with Crippen molar-refractivity contribution in [2.75, 3.05) is 0 Å². The fraction of sp³-hybridized carbons (Fsp3) is 0. The van der Waals surface area contributed by atoms with Crippen molar-refractivity contribution < 1.29 is 4.79 Å². The average molecular weight is 321 g/mol. The van der Waals surface area contributed by atoms with Gasteiger partial charge in [0, 0.05) is 11.1 Å². The van der Waals surface area contributed by atoms with Gasteiger partial charge in [0.1, 0.15) is 9.53 Å². The van der Waals surface area contributed by atoms with Crippen molar-refractivity contribution in [1.82, 2.24) is 4.98 Å². The van der Waals surface area contributed by atoms with E-state index in [1.807, 2.05) is 66.2 Å². The highest BCUT2D eigenvalue weighted by atomic mass is 32.2. The maximum absolute atomic E-state index is 12.9. The standard InChI is InChI=1S/C18H11NOS2/c20-16(13-9-5-2-6-10-13)17-14(12-7-3-1-4-8-12)15-18(22-17)21-11-19-15/h1-11H. The van der Waals surface area contributed by atoms with Crippen molar-refractivity contribution >= 4 is 38.0 Å². The molecule has 2 heterocycles. The van der Waals surface area contributed by atoms with E-state index in [1.54, 1.807) is 11.3 Å². The molecule has 0 N–H and O–H groups in total. The van der Waals surface area contributed by atoms with Crippen molar-refractivity contribution in [2.45, 2.75) is 0 Å². The topological polar surface area (TPSA) is 30.0 Å². The number of ketones is 1. The molecule has 2 nitrogen and oxygen atoms in total. The van der Waals surface area contributed by atoms with E-state index < -0.39 is 0 Å². The number of hydrogen-bond donors (Lipinski definition) is 0. The summed E-state index contributed by atoms with van der Waals surface area (Å²) in [5.41, 5.74) is 5.48. The lowest BCUT2D eigenvalue weighted by atomic mass is 10.0. The number of rotatable bonds is 3. The molecule has 0 bridgehead atoms. The predicted molar refractivity (Wildman–Crippen MR) is 92.8 cm³/mol. The number of carbonyl (C=O) groups is 1. The van der Waals surface area contributed by atoms with Crippen LogP contribution in [0.5, 0.6) is 0 Å². The second-order valence-corrected chi connectivity index (χ2v) is 6.99. The average Bonchev–Trinajstić information content (AvgIpc) is 3.16. The summed E-state index contributed by atoms with van der Waals surface area (Å²) in [6.45, 7) is 0. The Kier molecular flexibility index (Phi) is 3.33. The Labute approximate surface area is 135 Å². The molecule has 4 rings (SSSR count). The third kappa shape index (κ3) is 2.17. The summed E-state index contributed by atoms with van der Waals surface area (Å²) in [4.78, 5) is 18.1. The second-order valence-electron chi connectivity index (χ2n) is 4.86. The van der Waals surface area contributed by atoms with E-state index in [0.29, 0.717) is 5.56 Å². The zero-order chi connectivity index (χ0) is 14.9. The van der Waals surface area contributed by atoms with Gasteiger partial charge in [0.2, 0.25) is 5.78 Å². The fourth-order valence-electron chi connectivity index (χ4n) is 2.48. The molecule has 4 heteroatoms. The van der Waals surface area contributed by atoms with Gasteiger partial charge in [-0.25, -0.2) is 4.98 Å². The van der Waals surface area contributed by atoms with Gasteiger partial charge < -0.3 is 0 Å². The molecular formula is C18H11NOS2. The molecule has 0 atom stereocenters. The molecule has 0 radical (unpaired) electrons. The molecule has 2 aromatic carbocycles. The fourth-order valence-corrected chi connectivity index (χ4v) is 4.53. The number of thiophene rings is 1. The molecular weight excluding hydrogens is 310 g/mol. The molecule has 0 fully saturated rings. The minimum Gasteiger partial charge on any atom is -0.288 e. The minimum atomic E-state index is 0.0645. The lowest BCUT2D eigenvalue weighted by Crippen LogP contribution is -2.00. The summed E-state index contributed by atoms with van der Waals surface area (Å²) in [5.74, 6) is 0.0645. The third-order valence-electron chi connectivity index (χ3n) is 3.50. The number of benzene rings is 2. The Morgan fingerprint density at radius 2 is 1.59 bits per heavy atom. The Balaban J connectivity index is 1.95. The second kappa shape index (κ2) is 5.48. The highest BCUT2D eigenvalue weighted by molar-refractivity contribution is 7.38. The van der Waals surface area contributed by atoms with Gasteiger partial charge in [-0.1, -0.05) is 60.7 Å². The van der Waals surface area contributed by atoms with Gasteiger partial charge in [0.05, 0.1) is 10.4 Å². The van der Waals surface area contributed by atoms with Crippen LogP contribution in [0.4, 0.5) is 0 Å². The molecule has 0 aliphatic rings. The highest BCUT2D eigenvalue weighted by Gasteiger charge is 2.22. The minimum absolute atomic E-state index is 0.0645. The van der Waals surface area contributed by atoms with Crippen LogP contribution >= 0.6 is 22.7 Å². The number of hydrogen-bond acceptors (Lipinski definition) is 4. The molecule has 106 valence electrons. The normalized spacial score (nSPS) is 10.9. The quantitative estimate of drug-likeness (QED) is 0.482. The molecule has 0 saturated carbocycles. The van der Waals surface area contributed by atoms with Crippen LogP contribution in [-0.4, -0.2) is 10.8 Å². The van der Waals surface area contributed by atoms with Crippen LogP contribution in [0, 0.1) is 0 Å². The maximum Gasteiger partial charge on any atom is 0.203 e. The molecule has 0 amide bonds. The van der Waals surface area contributed by atoms with Crippen molar-refractivity contribution in [3.8, 4) is 11.1 Å². The lowest BCUT2D eigenvalue weighted by molar-refractivity contribution is 0.104. The first-order valence-corrected chi connectivity index (χ1v) is 8.55. The monoisotopic (exact) mass is 321 g/mol. The maximum atomic E-state index is 12.9. The molecule has 22 heavy (non-hydrogen) atoms. The van der Waals surface area contributed by atoms with E-state index >= 15 is 0 Å². The largest absolute Gasteiger partial charge is 0.288 e. The molecule has 0 saturated heterocycles. The van der Waals surface area contributed by atoms with Crippen LogP contribution < -0.4 is 0 Å². The Bertz CT molecular complexity index is 939. The van der Waals surface area contributed by atoms with Crippen molar-refractivity contribution in [3.63, 3.8) is 0 Å². The van der Waals surface area contributed by atoms with E-state index in [0.717, 1.165) is 25.5 Å². The lowest BCUT2D eigenvalue weighted by Gasteiger charge is -2.04. The van der Waals surface area contributed by atoms with Gasteiger partial charge in [-0.2, -0.15) is 0 Å². The van der Waals surface area contributed by atoms with Gasteiger partial charge >= 0.3 is 0 Å². The first-order valence-electron chi connectivity index (χ1n) is 6.86. The number of carbonyl (C=O) groups excluding carboxylic acids is 1. The molecule has 2 aromatic heterocycles. The summed E-state index contributed by atoms with van der Waals surface area (Å²) in [6, 6.07) is 19.4. The summed E-state index contributed by atoms with van der Waals surface area (Å²) in [5, 5.41) is 0. The number of aromatic nitrogens is 1. The van der Waals surface area contributed by atoms with Gasteiger partial charge in [-0.05, 0) is 5.56 Å².